The first kappa shape index (κ1) is 13.8. The first-order valence-electron chi connectivity index (χ1n) is 6.51. The van der Waals surface area contributed by atoms with Crippen molar-refractivity contribution in [3.8, 4) is 0 Å². The smallest absolute Gasteiger partial charge is 0.0679 e. The summed E-state index contributed by atoms with van der Waals surface area (Å²) in [4.78, 5) is 6.62. The maximum absolute atomic E-state index is 4.50. The van der Waals surface area contributed by atoms with Gasteiger partial charge in [0.1, 0.15) is 0 Å². The number of unbranched alkanes of at least 4 members (excludes halogenated alkanes) is 1. The fourth-order valence-electron chi connectivity index (χ4n) is 1.80. The molecule has 0 radical (unpaired) electrons. The third-order valence-corrected chi connectivity index (χ3v) is 2.79. The van der Waals surface area contributed by atoms with Crippen LogP contribution < -0.4 is 4.90 Å². The summed E-state index contributed by atoms with van der Waals surface area (Å²) in [7, 11) is 4.13. The average molecular weight is 232 g/mol. The maximum atomic E-state index is 4.50. The van der Waals surface area contributed by atoms with Crippen molar-refractivity contribution in [2.24, 2.45) is 0 Å². The Kier molecular flexibility index (Phi) is 5.75. The molecule has 1 aromatic rings. The van der Waals surface area contributed by atoms with E-state index in [0.29, 0.717) is 0 Å². The molecule has 94 valence electrons. The fraction of sp³-hybridized carbons (Fsp3) is 0.533. The van der Waals surface area contributed by atoms with Crippen LogP contribution in [-0.2, 0) is 0 Å². The van der Waals surface area contributed by atoms with Gasteiger partial charge in [-0.3, -0.25) is 4.98 Å². The second kappa shape index (κ2) is 7.10. The van der Waals surface area contributed by atoms with Crippen LogP contribution in [0.25, 0.3) is 5.57 Å². The van der Waals surface area contributed by atoms with Gasteiger partial charge in [-0.25, -0.2) is 0 Å². The Bertz CT molecular complexity index is 367. The second-order valence-corrected chi connectivity index (χ2v) is 4.56. The summed E-state index contributed by atoms with van der Waals surface area (Å²) in [6, 6.07) is 4.23. The number of rotatable bonds is 6. The predicted octanol–water partition coefficient (Wildman–Crippen LogP) is 4.13. The Labute approximate surface area is 105 Å². The van der Waals surface area contributed by atoms with Crippen LogP contribution in [0, 0.1) is 0 Å². The highest BCUT2D eigenvalue weighted by Gasteiger charge is 2.04. The van der Waals surface area contributed by atoms with E-state index >= 15 is 0 Å². The number of aromatic nitrogens is 1. The molecular formula is C15H24N2. The van der Waals surface area contributed by atoms with Crippen molar-refractivity contribution < 1.29 is 0 Å². The van der Waals surface area contributed by atoms with Crippen LogP contribution in [0.1, 0.15) is 45.2 Å². The van der Waals surface area contributed by atoms with Crippen LogP contribution in [0.4, 0.5) is 5.69 Å². The molecule has 17 heavy (non-hydrogen) atoms. The van der Waals surface area contributed by atoms with E-state index in [0.717, 1.165) is 18.5 Å². The Morgan fingerprint density at radius 2 is 2.06 bits per heavy atom. The lowest BCUT2D eigenvalue weighted by atomic mass is 10.0. The molecule has 0 amide bonds. The van der Waals surface area contributed by atoms with E-state index < -0.39 is 0 Å². The summed E-state index contributed by atoms with van der Waals surface area (Å²) in [5.41, 5.74) is 3.73. The molecular weight excluding hydrogens is 208 g/mol. The number of anilines is 1. The first-order valence-corrected chi connectivity index (χ1v) is 6.51. The third-order valence-electron chi connectivity index (χ3n) is 2.79. The molecule has 0 unspecified atom stereocenters. The second-order valence-electron chi connectivity index (χ2n) is 4.56. The molecule has 0 N–H and O–H groups in total. The molecule has 1 aromatic heterocycles. The van der Waals surface area contributed by atoms with Gasteiger partial charge in [0, 0.05) is 26.0 Å². The number of nitrogens with zero attached hydrogens (tertiary/aromatic N) is 2. The van der Waals surface area contributed by atoms with Crippen molar-refractivity contribution in [2.45, 2.75) is 39.5 Å². The Balaban J connectivity index is 2.97. The largest absolute Gasteiger partial charge is 0.378 e. The van der Waals surface area contributed by atoms with Crippen LogP contribution in [0.3, 0.4) is 0 Å². The van der Waals surface area contributed by atoms with E-state index in [1.165, 1.54) is 24.1 Å². The minimum absolute atomic E-state index is 1.11. The van der Waals surface area contributed by atoms with E-state index in [1.54, 1.807) is 0 Å². The van der Waals surface area contributed by atoms with E-state index in [2.05, 4.69) is 50.0 Å². The van der Waals surface area contributed by atoms with Crippen molar-refractivity contribution in [3.63, 3.8) is 0 Å². The SMILES string of the molecule is CCC/C=C(\CCC)c1cc(N(C)C)ccn1. The topological polar surface area (TPSA) is 16.1 Å². The molecule has 0 saturated carbocycles. The van der Waals surface area contributed by atoms with Gasteiger partial charge >= 0.3 is 0 Å². The third kappa shape index (κ3) is 4.22. The van der Waals surface area contributed by atoms with Crippen molar-refractivity contribution >= 4 is 11.3 Å². The molecule has 2 heteroatoms. The Morgan fingerprint density at radius 3 is 2.65 bits per heavy atom. The van der Waals surface area contributed by atoms with Crippen LogP contribution in [-0.4, -0.2) is 19.1 Å². The van der Waals surface area contributed by atoms with E-state index in [-0.39, 0.29) is 0 Å². The minimum atomic E-state index is 1.11. The molecule has 0 atom stereocenters. The lowest BCUT2D eigenvalue weighted by Gasteiger charge is -2.14. The van der Waals surface area contributed by atoms with E-state index in [9.17, 15) is 0 Å². The zero-order chi connectivity index (χ0) is 12.7. The lowest BCUT2D eigenvalue weighted by Crippen LogP contribution is -2.09. The summed E-state index contributed by atoms with van der Waals surface area (Å²) in [5.74, 6) is 0. The normalized spacial score (nSPS) is 11.6. The summed E-state index contributed by atoms with van der Waals surface area (Å²) in [6.07, 6.45) is 8.86. The van der Waals surface area contributed by atoms with Crippen molar-refractivity contribution in [2.75, 3.05) is 19.0 Å². The van der Waals surface area contributed by atoms with Gasteiger partial charge in [-0.05, 0) is 30.5 Å². The zero-order valence-electron chi connectivity index (χ0n) is 11.5. The zero-order valence-corrected chi connectivity index (χ0v) is 11.5. The first-order chi connectivity index (χ1) is 8.19. The maximum Gasteiger partial charge on any atom is 0.0679 e. The Morgan fingerprint density at radius 1 is 1.29 bits per heavy atom. The highest BCUT2D eigenvalue weighted by Crippen LogP contribution is 2.22. The minimum Gasteiger partial charge on any atom is -0.378 e. The Hall–Kier alpha value is -1.31. The number of hydrogen-bond acceptors (Lipinski definition) is 2. The van der Waals surface area contributed by atoms with Gasteiger partial charge in [0.25, 0.3) is 0 Å². The van der Waals surface area contributed by atoms with Crippen molar-refractivity contribution in [3.05, 3.63) is 30.1 Å². The fourth-order valence-corrected chi connectivity index (χ4v) is 1.80. The summed E-state index contributed by atoms with van der Waals surface area (Å²) in [5, 5.41) is 0. The van der Waals surface area contributed by atoms with Gasteiger partial charge in [-0.2, -0.15) is 0 Å². The molecule has 1 rings (SSSR count). The molecule has 2 nitrogen and oxygen atoms in total. The molecule has 0 aliphatic carbocycles. The van der Waals surface area contributed by atoms with Crippen LogP contribution in [0.5, 0.6) is 0 Å². The van der Waals surface area contributed by atoms with Crippen molar-refractivity contribution in [1.82, 2.24) is 4.98 Å². The molecule has 0 fully saturated rings. The molecule has 0 saturated heterocycles. The van der Waals surface area contributed by atoms with Gasteiger partial charge < -0.3 is 4.90 Å². The number of allylic oxidation sites excluding steroid dienone is 2. The van der Waals surface area contributed by atoms with Gasteiger partial charge in [0.05, 0.1) is 5.69 Å². The highest BCUT2D eigenvalue weighted by atomic mass is 15.1. The van der Waals surface area contributed by atoms with Gasteiger partial charge in [0.2, 0.25) is 0 Å². The lowest BCUT2D eigenvalue weighted by molar-refractivity contribution is 0.927. The summed E-state index contributed by atoms with van der Waals surface area (Å²) >= 11 is 0. The summed E-state index contributed by atoms with van der Waals surface area (Å²) < 4.78 is 0. The molecule has 0 spiro atoms. The quantitative estimate of drug-likeness (QED) is 0.733. The molecule has 1 heterocycles. The molecule has 0 bridgehead atoms. The number of pyridine rings is 1. The molecule has 0 aromatic carbocycles. The highest BCUT2D eigenvalue weighted by molar-refractivity contribution is 5.65. The van der Waals surface area contributed by atoms with Crippen LogP contribution in [0.15, 0.2) is 24.4 Å². The number of hydrogen-bond donors (Lipinski definition) is 0. The van der Waals surface area contributed by atoms with Crippen LogP contribution in [0.2, 0.25) is 0 Å². The van der Waals surface area contributed by atoms with Crippen LogP contribution >= 0.6 is 0 Å². The predicted molar refractivity (Wildman–Crippen MR) is 76.4 cm³/mol. The van der Waals surface area contributed by atoms with Gasteiger partial charge in [-0.1, -0.05) is 32.8 Å². The monoisotopic (exact) mass is 232 g/mol. The van der Waals surface area contributed by atoms with Gasteiger partial charge in [0.15, 0.2) is 0 Å². The van der Waals surface area contributed by atoms with E-state index in [4.69, 9.17) is 0 Å². The standard InChI is InChI=1S/C15H24N2/c1-5-7-9-13(8-6-2)15-12-14(17(3)4)10-11-16-15/h9-12H,5-8H2,1-4H3/b13-9+. The summed E-state index contributed by atoms with van der Waals surface area (Å²) in [6.45, 7) is 4.43. The molecule has 0 aliphatic rings. The molecule has 0 aliphatic heterocycles. The van der Waals surface area contributed by atoms with Crippen molar-refractivity contribution in [1.29, 1.82) is 0 Å². The average Bonchev–Trinajstić information content (AvgIpc) is 2.34. The van der Waals surface area contributed by atoms with Gasteiger partial charge in [-0.15, -0.1) is 0 Å². The van der Waals surface area contributed by atoms with E-state index in [1.807, 2.05) is 12.3 Å².